The van der Waals surface area contributed by atoms with Gasteiger partial charge in [0.05, 0.1) is 24.5 Å². The van der Waals surface area contributed by atoms with Crippen molar-refractivity contribution < 1.29 is 9.53 Å². The van der Waals surface area contributed by atoms with Crippen LogP contribution < -0.4 is 0 Å². The molecule has 3 rings (SSSR count). The number of piperidine rings is 1. The van der Waals surface area contributed by atoms with Crippen LogP contribution in [-0.2, 0) is 4.74 Å². The summed E-state index contributed by atoms with van der Waals surface area (Å²) in [6.07, 6.45) is 3.41. The highest BCUT2D eigenvalue weighted by molar-refractivity contribution is 5.95. The molecule has 2 aliphatic rings. The fourth-order valence-electron chi connectivity index (χ4n) is 3.61. The number of pyridine rings is 1. The molecule has 0 aliphatic carbocycles. The van der Waals surface area contributed by atoms with Gasteiger partial charge in [0.2, 0.25) is 0 Å². The van der Waals surface area contributed by atoms with E-state index in [-0.39, 0.29) is 5.91 Å². The molecule has 23 heavy (non-hydrogen) atoms. The van der Waals surface area contributed by atoms with Crippen LogP contribution >= 0.6 is 0 Å². The standard InChI is InChI=1S/C18H27N3O2/c1-14-6-7-17(15(2)19-14)18(22)21-8-4-3-5-16(21)13-20-9-11-23-12-10-20/h6-7,16H,3-5,8-13H2,1-2H3. The Kier molecular flexibility index (Phi) is 5.28. The van der Waals surface area contributed by atoms with Crippen molar-refractivity contribution >= 4 is 5.91 Å². The van der Waals surface area contributed by atoms with Crippen molar-refractivity contribution in [2.75, 3.05) is 39.4 Å². The molecule has 3 heterocycles. The highest BCUT2D eigenvalue weighted by atomic mass is 16.5. The van der Waals surface area contributed by atoms with E-state index in [1.807, 2.05) is 26.0 Å². The van der Waals surface area contributed by atoms with Gasteiger partial charge in [-0.3, -0.25) is 14.7 Å². The van der Waals surface area contributed by atoms with Gasteiger partial charge in [0.25, 0.3) is 5.91 Å². The normalized spacial score (nSPS) is 23.0. The van der Waals surface area contributed by atoms with E-state index in [1.165, 1.54) is 6.42 Å². The van der Waals surface area contributed by atoms with Gasteiger partial charge >= 0.3 is 0 Å². The van der Waals surface area contributed by atoms with E-state index in [1.54, 1.807) is 0 Å². The molecular weight excluding hydrogens is 290 g/mol. The molecule has 0 saturated carbocycles. The maximum Gasteiger partial charge on any atom is 0.255 e. The molecule has 0 aromatic carbocycles. The first-order chi connectivity index (χ1) is 11.1. The number of amides is 1. The first-order valence-electron chi connectivity index (χ1n) is 8.70. The number of hydrogen-bond donors (Lipinski definition) is 0. The second-order valence-electron chi connectivity index (χ2n) is 6.65. The SMILES string of the molecule is Cc1ccc(C(=O)N2CCCCC2CN2CCOCC2)c(C)n1. The first kappa shape index (κ1) is 16.4. The van der Waals surface area contributed by atoms with Gasteiger partial charge in [-0.2, -0.15) is 0 Å². The molecule has 1 unspecified atom stereocenters. The van der Waals surface area contributed by atoms with Crippen LogP contribution in [0.25, 0.3) is 0 Å². The molecule has 0 radical (unpaired) electrons. The highest BCUT2D eigenvalue weighted by Crippen LogP contribution is 2.22. The molecule has 5 heteroatoms. The summed E-state index contributed by atoms with van der Waals surface area (Å²) in [6.45, 7) is 9.29. The molecule has 2 fully saturated rings. The zero-order valence-electron chi connectivity index (χ0n) is 14.3. The summed E-state index contributed by atoms with van der Waals surface area (Å²) in [5, 5.41) is 0. The fraction of sp³-hybridized carbons (Fsp3) is 0.667. The van der Waals surface area contributed by atoms with Gasteiger partial charge in [0, 0.05) is 37.9 Å². The molecule has 1 aromatic heterocycles. The second kappa shape index (κ2) is 7.41. The summed E-state index contributed by atoms with van der Waals surface area (Å²) >= 11 is 0. The lowest BCUT2D eigenvalue weighted by Gasteiger charge is -2.39. The van der Waals surface area contributed by atoms with E-state index >= 15 is 0 Å². The number of nitrogens with zero attached hydrogens (tertiary/aromatic N) is 3. The van der Waals surface area contributed by atoms with Crippen molar-refractivity contribution in [2.24, 2.45) is 0 Å². The number of aromatic nitrogens is 1. The zero-order valence-corrected chi connectivity index (χ0v) is 14.3. The number of ether oxygens (including phenoxy) is 1. The number of carbonyl (C=O) groups excluding carboxylic acids is 1. The van der Waals surface area contributed by atoms with Gasteiger partial charge in [-0.1, -0.05) is 0 Å². The molecule has 2 aliphatic heterocycles. The summed E-state index contributed by atoms with van der Waals surface area (Å²) in [5.41, 5.74) is 2.55. The predicted molar refractivity (Wildman–Crippen MR) is 89.6 cm³/mol. The average molecular weight is 317 g/mol. The highest BCUT2D eigenvalue weighted by Gasteiger charge is 2.30. The Morgan fingerprint density at radius 2 is 2.00 bits per heavy atom. The van der Waals surface area contributed by atoms with Gasteiger partial charge in [-0.15, -0.1) is 0 Å². The van der Waals surface area contributed by atoms with Crippen molar-refractivity contribution in [3.8, 4) is 0 Å². The second-order valence-corrected chi connectivity index (χ2v) is 6.65. The Hall–Kier alpha value is -1.46. The van der Waals surface area contributed by atoms with Crippen LogP contribution in [0.15, 0.2) is 12.1 Å². The molecule has 1 aromatic rings. The van der Waals surface area contributed by atoms with Gasteiger partial charge in [-0.25, -0.2) is 0 Å². The van der Waals surface area contributed by atoms with Crippen LogP contribution in [0.4, 0.5) is 0 Å². The van der Waals surface area contributed by atoms with E-state index in [2.05, 4.69) is 14.8 Å². The molecule has 2 saturated heterocycles. The smallest absolute Gasteiger partial charge is 0.255 e. The monoisotopic (exact) mass is 317 g/mol. The number of aryl methyl sites for hydroxylation is 2. The summed E-state index contributed by atoms with van der Waals surface area (Å²) < 4.78 is 5.43. The minimum absolute atomic E-state index is 0.146. The van der Waals surface area contributed by atoms with Crippen LogP contribution in [0.2, 0.25) is 0 Å². The lowest BCUT2D eigenvalue weighted by Crippen LogP contribution is -2.51. The van der Waals surface area contributed by atoms with Crippen molar-refractivity contribution in [1.82, 2.24) is 14.8 Å². The van der Waals surface area contributed by atoms with Gasteiger partial charge in [-0.05, 0) is 45.2 Å². The minimum Gasteiger partial charge on any atom is -0.379 e. The quantitative estimate of drug-likeness (QED) is 0.856. The van der Waals surface area contributed by atoms with E-state index in [0.29, 0.717) is 6.04 Å². The predicted octanol–water partition coefficient (Wildman–Crippen LogP) is 2.03. The maximum absolute atomic E-state index is 13.0. The maximum atomic E-state index is 13.0. The molecule has 0 bridgehead atoms. The van der Waals surface area contributed by atoms with Crippen LogP contribution in [0.3, 0.4) is 0 Å². The number of likely N-dealkylation sites (tertiary alicyclic amines) is 1. The minimum atomic E-state index is 0.146. The Balaban J connectivity index is 1.73. The van der Waals surface area contributed by atoms with Crippen molar-refractivity contribution in [1.29, 1.82) is 0 Å². The zero-order chi connectivity index (χ0) is 16.2. The molecule has 126 valence electrons. The lowest BCUT2D eigenvalue weighted by molar-refractivity contribution is 0.0166. The summed E-state index contributed by atoms with van der Waals surface area (Å²) in [4.78, 5) is 22.0. The van der Waals surface area contributed by atoms with Crippen LogP contribution in [-0.4, -0.2) is 66.1 Å². The van der Waals surface area contributed by atoms with Crippen LogP contribution in [0.1, 0.15) is 41.0 Å². The Labute approximate surface area is 138 Å². The average Bonchev–Trinajstić information content (AvgIpc) is 2.56. The number of carbonyl (C=O) groups is 1. The van der Waals surface area contributed by atoms with Gasteiger partial charge < -0.3 is 9.64 Å². The van der Waals surface area contributed by atoms with Crippen molar-refractivity contribution in [2.45, 2.75) is 39.2 Å². The van der Waals surface area contributed by atoms with Crippen LogP contribution in [0, 0.1) is 13.8 Å². The van der Waals surface area contributed by atoms with E-state index in [4.69, 9.17) is 4.74 Å². The Bertz CT molecular complexity index is 555. The Morgan fingerprint density at radius 1 is 1.22 bits per heavy atom. The number of morpholine rings is 1. The summed E-state index contributed by atoms with van der Waals surface area (Å²) in [5.74, 6) is 0.146. The lowest BCUT2D eigenvalue weighted by atomic mass is 9.99. The first-order valence-corrected chi connectivity index (χ1v) is 8.70. The topological polar surface area (TPSA) is 45.7 Å². The third-order valence-corrected chi connectivity index (χ3v) is 4.92. The third-order valence-electron chi connectivity index (χ3n) is 4.92. The van der Waals surface area contributed by atoms with Crippen LogP contribution in [0.5, 0.6) is 0 Å². The van der Waals surface area contributed by atoms with E-state index in [9.17, 15) is 4.79 Å². The van der Waals surface area contributed by atoms with Crippen molar-refractivity contribution in [3.05, 3.63) is 29.1 Å². The summed E-state index contributed by atoms with van der Waals surface area (Å²) in [7, 11) is 0. The fourth-order valence-corrected chi connectivity index (χ4v) is 3.61. The van der Waals surface area contributed by atoms with Gasteiger partial charge in [0.15, 0.2) is 0 Å². The van der Waals surface area contributed by atoms with Gasteiger partial charge in [0.1, 0.15) is 0 Å². The molecule has 1 amide bonds. The summed E-state index contributed by atoms with van der Waals surface area (Å²) in [6, 6.07) is 4.18. The molecule has 0 spiro atoms. The largest absolute Gasteiger partial charge is 0.379 e. The Morgan fingerprint density at radius 3 is 2.74 bits per heavy atom. The number of rotatable bonds is 3. The molecule has 5 nitrogen and oxygen atoms in total. The number of hydrogen-bond acceptors (Lipinski definition) is 4. The van der Waals surface area contributed by atoms with Crippen molar-refractivity contribution in [3.63, 3.8) is 0 Å². The van der Waals surface area contributed by atoms with E-state index in [0.717, 1.165) is 69.2 Å². The molecular formula is C18H27N3O2. The third kappa shape index (κ3) is 3.90. The van der Waals surface area contributed by atoms with E-state index < -0.39 is 0 Å². The molecule has 1 atom stereocenters. The molecule has 0 N–H and O–H groups in total.